The number of rotatable bonds is 3. The highest BCUT2D eigenvalue weighted by Gasteiger charge is 2.39. The van der Waals surface area contributed by atoms with Gasteiger partial charge < -0.3 is 10.1 Å². The van der Waals surface area contributed by atoms with Crippen LogP contribution in [-0.4, -0.2) is 26.2 Å². The number of hydrogen-bond acceptors (Lipinski definition) is 3. The molecule has 0 radical (unpaired) electrons. The van der Waals surface area contributed by atoms with Crippen molar-refractivity contribution in [1.82, 2.24) is 5.32 Å². The largest absolute Gasteiger partial charge is 0.469 e. The Labute approximate surface area is 139 Å². The number of nitrogens with one attached hydrogen (secondary N) is 1. The summed E-state index contributed by atoms with van der Waals surface area (Å²) in [6.45, 7) is 1.78. The first-order chi connectivity index (χ1) is 11.4. The van der Waals surface area contributed by atoms with Crippen LogP contribution in [0.25, 0.3) is 0 Å². The minimum absolute atomic E-state index is 0.0151. The predicted octanol–water partition coefficient (Wildman–Crippen LogP) is 3.84. The zero-order chi connectivity index (χ0) is 17.3. The molecule has 2 fully saturated rings. The topological polar surface area (TPSA) is 38.3 Å². The molecule has 1 aliphatic heterocycles. The maximum atomic E-state index is 13.1. The molecule has 24 heavy (non-hydrogen) atoms. The van der Waals surface area contributed by atoms with Gasteiger partial charge in [-0.2, -0.15) is 13.2 Å². The van der Waals surface area contributed by atoms with Crippen LogP contribution in [0.2, 0.25) is 0 Å². The summed E-state index contributed by atoms with van der Waals surface area (Å²) in [6, 6.07) is 4.15. The first kappa shape index (κ1) is 17.3. The van der Waals surface area contributed by atoms with E-state index in [0.29, 0.717) is 18.8 Å². The number of carbonyl (C=O) groups excluding carboxylic acids is 1. The number of ether oxygens (including phenoxy) is 1. The Bertz CT molecular complexity index is 603. The van der Waals surface area contributed by atoms with Gasteiger partial charge >= 0.3 is 12.1 Å². The first-order valence-corrected chi connectivity index (χ1v) is 8.39. The Morgan fingerprint density at radius 2 is 1.79 bits per heavy atom. The molecule has 1 aromatic rings. The molecular weight excluding hydrogens is 319 g/mol. The summed E-state index contributed by atoms with van der Waals surface area (Å²) in [6.07, 6.45) is -1.32. The fourth-order valence-corrected chi connectivity index (χ4v) is 3.84. The molecule has 3 nitrogen and oxygen atoms in total. The third-order valence-corrected chi connectivity index (χ3v) is 5.31. The van der Waals surface area contributed by atoms with E-state index in [1.54, 1.807) is 6.07 Å². The van der Waals surface area contributed by atoms with E-state index in [1.165, 1.54) is 19.2 Å². The van der Waals surface area contributed by atoms with Crippen LogP contribution in [0.4, 0.5) is 13.2 Å². The second-order valence-electron chi connectivity index (χ2n) is 6.75. The first-order valence-electron chi connectivity index (χ1n) is 8.39. The number of esters is 1. The molecule has 3 rings (SSSR count). The van der Waals surface area contributed by atoms with Gasteiger partial charge in [0.25, 0.3) is 0 Å². The maximum Gasteiger partial charge on any atom is 0.416 e. The van der Waals surface area contributed by atoms with Crippen LogP contribution < -0.4 is 5.32 Å². The van der Waals surface area contributed by atoms with Gasteiger partial charge in [-0.25, -0.2) is 0 Å². The molecule has 132 valence electrons. The predicted molar refractivity (Wildman–Crippen MR) is 83.8 cm³/mol. The molecule has 0 unspecified atom stereocenters. The van der Waals surface area contributed by atoms with Crippen molar-refractivity contribution in [3.05, 3.63) is 34.9 Å². The van der Waals surface area contributed by atoms with Crippen molar-refractivity contribution >= 4 is 5.97 Å². The van der Waals surface area contributed by atoms with E-state index in [9.17, 15) is 18.0 Å². The van der Waals surface area contributed by atoms with Crippen LogP contribution >= 0.6 is 0 Å². The van der Waals surface area contributed by atoms with Gasteiger partial charge in [0.2, 0.25) is 0 Å². The Balaban J connectivity index is 1.87. The van der Waals surface area contributed by atoms with Gasteiger partial charge in [0.05, 0.1) is 18.6 Å². The number of benzene rings is 1. The van der Waals surface area contributed by atoms with Gasteiger partial charge in [-0.05, 0) is 73.9 Å². The molecule has 1 aliphatic carbocycles. The van der Waals surface area contributed by atoms with Crippen molar-refractivity contribution in [3.8, 4) is 0 Å². The Hall–Kier alpha value is -1.56. The zero-order valence-electron chi connectivity index (χ0n) is 13.7. The lowest BCUT2D eigenvalue weighted by Crippen LogP contribution is -2.32. The van der Waals surface area contributed by atoms with Crippen molar-refractivity contribution in [2.75, 3.05) is 20.2 Å². The highest BCUT2D eigenvalue weighted by Crippen LogP contribution is 2.47. The highest BCUT2D eigenvalue weighted by atomic mass is 19.4. The van der Waals surface area contributed by atoms with Gasteiger partial charge in [-0.15, -0.1) is 0 Å². The van der Waals surface area contributed by atoms with Crippen LogP contribution in [0, 0.1) is 5.92 Å². The minimum atomic E-state index is -4.34. The number of piperidine rings is 1. The molecule has 0 amide bonds. The number of methoxy groups -OCH3 is 1. The number of alkyl halides is 3. The lowest BCUT2D eigenvalue weighted by molar-refractivity contribution is -0.149. The molecule has 1 saturated heterocycles. The van der Waals surface area contributed by atoms with Crippen LogP contribution in [0.15, 0.2) is 18.2 Å². The van der Waals surface area contributed by atoms with Crippen LogP contribution in [0.1, 0.15) is 54.2 Å². The molecule has 1 saturated carbocycles. The lowest BCUT2D eigenvalue weighted by Gasteiger charge is -2.37. The van der Waals surface area contributed by atoms with Crippen LogP contribution in [-0.2, 0) is 15.7 Å². The molecule has 0 spiro atoms. The van der Waals surface area contributed by atoms with Crippen molar-refractivity contribution in [2.45, 2.75) is 43.7 Å². The van der Waals surface area contributed by atoms with Crippen molar-refractivity contribution in [3.63, 3.8) is 0 Å². The molecule has 2 aliphatic rings. The van der Waals surface area contributed by atoms with E-state index >= 15 is 0 Å². The molecule has 0 bridgehead atoms. The van der Waals surface area contributed by atoms with E-state index in [4.69, 9.17) is 4.74 Å². The van der Waals surface area contributed by atoms with Gasteiger partial charge in [-0.3, -0.25) is 4.79 Å². The fourth-order valence-electron chi connectivity index (χ4n) is 3.84. The second kappa shape index (κ2) is 6.75. The van der Waals surface area contributed by atoms with Crippen molar-refractivity contribution in [2.24, 2.45) is 5.92 Å². The monoisotopic (exact) mass is 341 g/mol. The van der Waals surface area contributed by atoms with Crippen molar-refractivity contribution < 1.29 is 22.7 Å². The summed E-state index contributed by atoms with van der Waals surface area (Å²) in [7, 11) is 1.35. The molecule has 1 heterocycles. The summed E-state index contributed by atoms with van der Waals surface area (Å²) in [5.74, 6) is -0.140. The summed E-state index contributed by atoms with van der Waals surface area (Å²) >= 11 is 0. The highest BCUT2D eigenvalue weighted by molar-refractivity contribution is 5.73. The van der Waals surface area contributed by atoms with E-state index in [2.05, 4.69) is 5.32 Å². The average molecular weight is 341 g/mol. The number of hydrogen-bond donors (Lipinski definition) is 1. The summed E-state index contributed by atoms with van der Waals surface area (Å²) in [5, 5.41) is 3.29. The summed E-state index contributed by atoms with van der Waals surface area (Å²) in [5.41, 5.74) is 1.20. The molecule has 0 aromatic heterocycles. The van der Waals surface area contributed by atoms with E-state index in [-0.39, 0.29) is 17.8 Å². The molecular formula is C18H22F3NO2. The Morgan fingerprint density at radius 3 is 2.38 bits per heavy atom. The normalized spacial score (nSPS) is 25.2. The van der Waals surface area contributed by atoms with E-state index in [1.807, 2.05) is 0 Å². The molecule has 1 N–H and O–H groups in total. The standard InChI is InChI=1S/C18H22F3NO2/c1-24-17(23)13-8-12(9-13)16-10-14(18(19,20)21)2-3-15(16)11-4-6-22-7-5-11/h2-3,10-13,22H,4-9H2,1H3/t12-,13+. The Morgan fingerprint density at radius 1 is 1.12 bits per heavy atom. The van der Waals surface area contributed by atoms with Crippen molar-refractivity contribution in [1.29, 1.82) is 0 Å². The smallest absolute Gasteiger partial charge is 0.416 e. The Kier molecular flexibility index (Phi) is 4.85. The van der Waals surface area contributed by atoms with Gasteiger partial charge in [0.15, 0.2) is 0 Å². The number of carbonyl (C=O) groups is 1. The summed E-state index contributed by atoms with van der Waals surface area (Å²) in [4.78, 5) is 11.6. The third-order valence-electron chi connectivity index (χ3n) is 5.31. The zero-order valence-corrected chi connectivity index (χ0v) is 13.7. The summed E-state index contributed by atoms with van der Waals surface area (Å²) < 4.78 is 44.0. The molecule has 0 atom stereocenters. The molecule has 1 aromatic carbocycles. The fraction of sp³-hybridized carbons (Fsp3) is 0.611. The van der Waals surface area contributed by atoms with Gasteiger partial charge in [0, 0.05) is 0 Å². The van der Waals surface area contributed by atoms with Gasteiger partial charge in [-0.1, -0.05) is 6.07 Å². The lowest BCUT2D eigenvalue weighted by atomic mass is 9.68. The maximum absolute atomic E-state index is 13.1. The van der Waals surface area contributed by atoms with Gasteiger partial charge in [0.1, 0.15) is 0 Å². The van der Waals surface area contributed by atoms with Crippen LogP contribution in [0.3, 0.4) is 0 Å². The SMILES string of the molecule is COC(=O)[C@H]1C[C@@H](c2cc(C(F)(F)F)ccc2C2CCNCC2)C1. The van der Waals surface area contributed by atoms with E-state index < -0.39 is 11.7 Å². The van der Waals surface area contributed by atoms with Crippen LogP contribution in [0.5, 0.6) is 0 Å². The van der Waals surface area contributed by atoms with E-state index in [0.717, 1.165) is 37.1 Å². The second-order valence-corrected chi connectivity index (χ2v) is 6.75. The third kappa shape index (κ3) is 3.43. The molecule has 6 heteroatoms. The minimum Gasteiger partial charge on any atom is -0.469 e. The number of halogens is 3. The quantitative estimate of drug-likeness (QED) is 0.849. The average Bonchev–Trinajstić information content (AvgIpc) is 2.53.